The van der Waals surface area contributed by atoms with Gasteiger partial charge in [0.2, 0.25) is 0 Å². The number of ether oxygens (including phenoxy) is 1. The zero-order valence-corrected chi connectivity index (χ0v) is 11.6. The molecule has 0 amide bonds. The summed E-state index contributed by atoms with van der Waals surface area (Å²) in [5, 5.41) is 0. The third-order valence-electron chi connectivity index (χ3n) is 3.45. The first kappa shape index (κ1) is 12.9. The molecule has 2 aromatic rings. The maximum atomic E-state index is 11.0. The predicted molar refractivity (Wildman–Crippen MR) is 75.7 cm³/mol. The number of carbonyl (C=O) groups excluding carboxylic acids is 1. The quantitative estimate of drug-likeness (QED) is 0.810. The van der Waals surface area contributed by atoms with Crippen molar-refractivity contribution in [1.29, 1.82) is 0 Å². The van der Waals surface area contributed by atoms with Crippen LogP contribution in [0, 0.1) is 0 Å². The second-order valence-electron chi connectivity index (χ2n) is 5.33. The molecule has 1 aliphatic rings. The first-order valence-electron chi connectivity index (χ1n) is 6.94. The highest BCUT2D eigenvalue weighted by Crippen LogP contribution is 2.35. The fourth-order valence-electron chi connectivity index (χ4n) is 2.27. The van der Waals surface area contributed by atoms with Gasteiger partial charge in [-0.25, -0.2) is 4.98 Å². The van der Waals surface area contributed by atoms with Gasteiger partial charge < -0.3 is 9.30 Å². The normalized spacial score (nSPS) is 14.2. The van der Waals surface area contributed by atoms with Crippen molar-refractivity contribution >= 4 is 5.78 Å². The number of hydrogen-bond donors (Lipinski definition) is 0. The molecule has 4 heteroatoms. The van der Waals surface area contributed by atoms with Crippen molar-refractivity contribution in [3.05, 3.63) is 48.0 Å². The number of rotatable bonds is 6. The fraction of sp³-hybridized carbons (Fsp3) is 0.375. The molecule has 0 unspecified atom stereocenters. The minimum atomic E-state index is 0.173. The molecule has 0 atom stereocenters. The SMILES string of the molecule is CC(=O)Cc1ccc(OCc2cncn2C2CC2)cc1. The zero-order chi connectivity index (χ0) is 13.9. The summed E-state index contributed by atoms with van der Waals surface area (Å²) in [6.45, 7) is 2.13. The van der Waals surface area contributed by atoms with Gasteiger partial charge in [0.25, 0.3) is 0 Å². The molecule has 1 aromatic heterocycles. The lowest BCUT2D eigenvalue weighted by atomic mass is 10.1. The van der Waals surface area contributed by atoms with Crippen molar-refractivity contribution in [2.24, 2.45) is 0 Å². The van der Waals surface area contributed by atoms with Gasteiger partial charge in [0, 0.05) is 12.5 Å². The van der Waals surface area contributed by atoms with Gasteiger partial charge in [-0.2, -0.15) is 0 Å². The molecule has 3 rings (SSSR count). The van der Waals surface area contributed by atoms with E-state index in [0.717, 1.165) is 17.0 Å². The van der Waals surface area contributed by atoms with Crippen LogP contribution in [0.5, 0.6) is 5.75 Å². The Bertz CT molecular complexity index is 597. The maximum Gasteiger partial charge on any atom is 0.134 e. The third kappa shape index (κ3) is 3.07. The summed E-state index contributed by atoms with van der Waals surface area (Å²) in [5.41, 5.74) is 2.13. The van der Waals surface area contributed by atoms with Crippen molar-refractivity contribution in [2.75, 3.05) is 0 Å². The van der Waals surface area contributed by atoms with E-state index in [9.17, 15) is 4.79 Å². The molecule has 1 aromatic carbocycles. The topological polar surface area (TPSA) is 44.1 Å². The molecule has 0 radical (unpaired) electrons. The summed E-state index contributed by atoms with van der Waals surface area (Å²) in [7, 11) is 0. The van der Waals surface area contributed by atoms with Crippen molar-refractivity contribution in [3.8, 4) is 5.75 Å². The van der Waals surface area contributed by atoms with Crippen LogP contribution >= 0.6 is 0 Å². The Morgan fingerprint density at radius 3 is 2.75 bits per heavy atom. The number of ketones is 1. The molecule has 4 nitrogen and oxygen atoms in total. The summed E-state index contributed by atoms with van der Waals surface area (Å²) in [6, 6.07) is 8.32. The average Bonchev–Trinajstić information content (AvgIpc) is 3.16. The summed E-state index contributed by atoms with van der Waals surface area (Å²) in [6.07, 6.45) is 6.70. The van der Waals surface area contributed by atoms with E-state index in [1.54, 1.807) is 6.92 Å². The van der Waals surface area contributed by atoms with E-state index in [4.69, 9.17) is 4.74 Å². The van der Waals surface area contributed by atoms with Crippen LogP contribution in [0.4, 0.5) is 0 Å². The van der Waals surface area contributed by atoms with Gasteiger partial charge in [0.1, 0.15) is 18.1 Å². The molecule has 0 N–H and O–H groups in total. The van der Waals surface area contributed by atoms with E-state index < -0.39 is 0 Å². The molecular formula is C16H18N2O2. The van der Waals surface area contributed by atoms with Gasteiger partial charge in [-0.3, -0.25) is 4.79 Å². The number of hydrogen-bond acceptors (Lipinski definition) is 3. The molecule has 1 saturated carbocycles. The molecule has 1 heterocycles. The molecule has 0 spiro atoms. The number of nitrogens with zero attached hydrogens (tertiary/aromatic N) is 2. The molecule has 104 valence electrons. The van der Waals surface area contributed by atoms with E-state index >= 15 is 0 Å². The van der Waals surface area contributed by atoms with Crippen LogP contribution in [0.15, 0.2) is 36.8 Å². The van der Waals surface area contributed by atoms with Crippen LogP contribution in [0.2, 0.25) is 0 Å². The Balaban J connectivity index is 1.60. The van der Waals surface area contributed by atoms with E-state index in [1.807, 2.05) is 36.8 Å². The van der Waals surface area contributed by atoms with Crippen LogP contribution in [0.25, 0.3) is 0 Å². The van der Waals surface area contributed by atoms with Crippen LogP contribution in [-0.4, -0.2) is 15.3 Å². The second kappa shape index (κ2) is 5.49. The first-order chi connectivity index (χ1) is 9.72. The van der Waals surface area contributed by atoms with Crippen molar-refractivity contribution in [2.45, 2.75) is 38.8 Å². The largest absolute Gasteiger partial charge is 0.487 e. The highest BCUT2D eigenvalue weighted by Gasteiger charge is 2.25. The Morgan fingerprint density at radius 2 is 2.10 bits per heavy atom. The molecule has 0 bridgehead atoms. The molecule has 1 fully saturated rings. The van der Waals surface area contributed by atoms with Gasteiger partial charge in [-0.15, -0.1) is 0 Å². The number of carbonyl (C=O) groups is 1. The molecular weight excluding hydrogens is 252 g/mol. The molecule has 20 heavy (non-hydrogen) atoms. The summed E-state index contributed by atoms with van der Waals surface area (Å²) < 4.78 is 7.98. The lowest BCUT2D eigenvalue weighted by Gasteiger charge is -2.09. The zero-order valence-electron chi connectivity index (χ0n) is 11.6. The minimum Gasteiger partial charge on any atom is -0.487 e. The smallest absolute Gasteiger partial charge is 0.134 e. The van der Waals surface area contributed by atoms with Gasteiger partial charge in [-0.05, 0) is 37.5 Å². The monoisotopic (exact) mass is 270 g/mol. The Labute approximate surface area is 118 Å². The number of benzene rings is 1. The number of imidazole rings is 1. The first-order valence-corrected chi connectivity index (χ1v) is 6.94. The van der Waals surface area contributed by atoms with Crippen LogP contribution in [-0.2, 0) is 17.8 Å². The Hall–Kier alpha value is -2.10. The summed E-state index contributed by atoms with van der Waals surface area (Å²) in [5.74, 6) is 0.993. The highest BCUT2D eigenvalue weighted by molar-refractivity contribution is 5.78. The molecule has 0 aliphatic heterocycles. The average molecular weight is 270 g/mol. The van der Waals surface area contributed by atoms with Crippen molar-refractivity contribution in [1.82, 2.24) is 9.55 Å². The fourth-order valence-corrected chi connectivity index (χ4v) is 2.27. The van der Waals surface area contributed by atoms with Crippen LogP contribution in [0.3, 0.4) is 0 Å². The number of aromatic nitrogens is 2. The maximum absolute atomic E-state index is 11.0. The van der Waals surface area contributed by atoms with Gasteiger partial charge in [0.15, 0.2) is 0 Å². The second-order valence-corrected chi connectivity index (χ2v) is 5.33. The summed E-state index contributed by atoms with van der Waals surface area (Å²) >= 11 is 0. The van der Waals surface area contributed by atoms with E-state index in [2.05, 4.69) is 9.55 Å². The van der Waals surface area contributed by atoms with E-state index in [-0.39, 0.29) is 5.78 Å². The van der Waals surface area contributed by atoms with Crippen molar-refractivity contribution < 1.29 is 9.53 Å². The van der Waals surface area contributed by atoms with Crippen molar-refractivity contribution in [3.63, 3.8) is 0 Å². The Morgan fingerprint density at radius 1 is 1.35 bits per heavy atom. The van der Waals surface area contributed by atoms with E-state index in [0.29, 0.717) is 19.1 Å². The van der Waals surface area contributed by atoms with Gasteiger partial charge >= 0.3 is 0 Å². The highest BCUT2D eigenvalue weighted by atomic mass is 16.5. The third-order valence-corrected chi connectivity index (χ3v) is 3.45. The van der Waals surface area contributed by atoms with Gasteiger partial charge in [0.05, 0.1) is 18.2 Å². The summed E-state index contributed by atoms with van der Waals surface area (Å²) in [4.78, 5) is 15.2. The molecule has 1 aliphatic carbocycles. The van der Waals surface area contributed by atoms with Crippen LogP contribution in [0.1, 0.15) is 37.1 Å². The lowest BCUT2D eigenvalue weighted by molar-refractivity contribution is -0.116. The molecule has 0 saturated heterocycles. The number of Topliss-reactive ketones (excluding diaryl/α,β-unsaturated/α-hetero) is 1. The lowest BCUT2D eigenvalue weighted by Crippen LogP contribution is -2.03. The Kier molecular flexibility index (Phi) is 3.54. The minimum absolute atomic E-state index is 0.173. The van der Waals surface area contributed by atoms with Crippen LogP contribution < -0.4 is 4.74 Å². The van der Waals surface area contributed by atoms with E-state index in [1.165, 1.54) is 12.8 Å². The standard InChI is InChI=1S/C16H18N2O2/c1-12(19)8-13-2-6-16(7-3-13)20-10-15-9-17-11-18(15)14-4-5-14/h2-3,6-7,9,11,14H,4-5,8,10H2,1H3. The van der Waals surface area contributed by atoms with Gasteiger partial charge in [-0.1, -0.05) is 12.1 Å². The predicted octanol–water partition coefficient (Wildman–Crippen LogP) is 2.93.